The summed E-state index contributed by atoms with van der Waals surface area (Å²) >= 11 is 0. The summed E-state index contributed by atoms with van der Waals surface area (Å²) in [6.07, 6.45) is 0. The second-order valence-corrected chi connectivity index (χ2v) is 2.26. The van der Waals surface area contributed by atoms with E-state index in [1.807, 2.05) is 0 Å². The van der Waals surface area contributed by atoms with E-state index in [1.165, 1.54) is 6.92 Å². The average Bonchev–Trinajstić information content (AvgIpc) is 2.06. The van der Waals surface area contributed by atoms with Gasteiger partial charge < -0.3 is 6.16 Å². The van der Waals surface area contributed by atoms with Gasteiger partial charge in [-0.2, -0.15) is 0 Å². The molecule has 0 aliphatic rings. The first-order valence-electron chi connectivity index (χ1n) is 3.48. The molecule has 0 radical (unpaired) electrons. The standard InChI is InChI=1S/C9H8O3.Li.H/c1-7(10)9(11)12-8-5-3-2-4-6-8;;/h2-6H,1H3;;/q;+1;-1. The molecule has 4 heteroatoms. The molecule has 0 aliphatic heterocycles. The fraction of sp³-hybridized carbons (Fsp3) is 0.111. The van der Waals surface area contributed by atoms with Crippen LogP contribution in [0.25, 0.3) is 0 Å². The molecule has 1 aromatic rings. The Morgan fingerprint density at radius 2 is 1.77 bits per heavy atom. The van der Waals surface area contributed by atoms with Crippen molar-refractivity contribution in [3.8, 4) is 5.75 Å². The van der Waals surface area contributed by atoms with Crippen molar-refractivity contribution in [1.82, 2.24) is 0 Å². The number of ketones is 1. The van der Waals surface area contributed by atoms with Crippen LogP contribution in [0.5, 0.6) is 5.75 Å². The molecule has 0 fully saturated rings. The van der Waals surface area contributed by atoms with Crippen LogP contribution in [0, 0.1) is 0 Å². The van der Waals surface area contributed by atoms with Crippen molar-refractivity contribution in [3.63, 3.8) is 0 Å². The van der Waals surface area contributed by atoms with Crippen molar-refractivity contribution < 1.29 is 34.6 Å². The van der Waals surface area contributed by atoms with Crippen LogP contribution in [-0.4, -0.2) is 11.8 Å². The summed E-state index contributed by atoms with van der Waals surface area (Å²) in [5.74, 6) is -1.04. The monoisotopic (exact) mass is 172 g/mol. The molecule has 0 saturated carbocycles. The second kappa shape index (κ2) is 5.58. The number of hydrogen-bond acceptors (Lipinski definition) is 3. The Hall–Kier alpha value is -1.04. The molecular weight excluding hydrogens is 163 g/mol. The van der Waals surface area contributed by atoms with E-state index < -0.39 is 11.8 Å². The quantitative estimate of drug-likeness (QED) is 0.231. The van der Waals surface area contributed by atoms with Gasteiger partial charge in [-0.25, -0.2) is 4.79 Å². The second-order valence-electron chi connectivity index (χ2n) is 2.26. The molecule has 0 N–H and O–H groups in total. The third-order valence-corrected chi connectivity index (χ3v) is 1.24. The molecule has 0 atom stereocenters. The molecule has 0 aliphatic carbocycles. The van der Waals surface area contributed by atoms with Gasteiger partial charge in [-0.15, -0.1) is 0 Å². The zero-order valence-electron chi connectivity index (χ0n) is 8.61. The van der Waals surface area contributed by atoms with Gasteiger partial charge in [0, 0.05) is 6.92 Å². The van der Waals surface area contributed by atoms with Gasteiger partial charge in [0.25, 0.3) is 0 Å². The van der Waals surface area contributed by atoms with E-state index in [1.54, 1.807) is 30.3 Å². The number of esters is 1. The number of para-hydroxylation sites is 1. The Kier molecular flexibility index (Phi) is 5.13. The van der Waals surface area contributed by atoms with E-state index in [0.29, 0.717) is 5.75 Å². The minimum atomic E-state index is -0.832. The topological polar surface area (TPSA) is 43.4 Å². The third kappa shape index (κ3) is 3.93. The minimum Gasteiger partial charge on any atom is -1.00 e. The van der Waals surface area contributed by atoms with Crippen molar-refractivity contribution in [1.29, 1.82) is 0 Å². The molecule has 13 heavy (non-hydrogen) atoms. The average molecular weight is 172 g/mol. The third-order valence-electron chi connectivity index (χ3n) is 1.24. The summed E-state index contributed by atoms with van der Waals surface area (Å²) in [6.45, 7) is 1.17. The van der Waals surface area contributed by atoms with Gasteiger partial charge in [0.05, 0.1) is 0 Å². The number of hydrogen-bond donors (Lipinski definition) is 0. The maximum absolute atomic E-state index is 10.7. The molecule has 0 heterocycles. The summed E-state index contributed by atoms with van der Waals surface area (Å²) < 4.78 is 4.69. The fourth-order valence-corrected chi connectivity index (χ4v) is 0.667. The van der Waals surface area contributed by atoms with Crippen LogP contribution >= 0.6 is 0 Å². The van der Waals surface area contributed by atoms with Gasteiger partial charge in [-0.05, 0) is 12.1 Å². The van der Waals surface area contributed by atoms with Crippen molar-refractivity contribution in [2.45, 2.75) is 6.92 Å². The molecule has 0 unspecified atom stereocenters. The van der Waals surface area contributed by atoms with E-state index in [9.17, 15) is 9.59 Å². The number of Topliss-reactive ketones (excluding diaryl/α,β-unsaturated/α-hetero) is 1. The summed E-state index contributed by atoms with van der Waals surface area (Å²) in [7, 11) is 0. The van der Waals surface area contributed by atoms with E-state index in [-0.39, 0.29) is 20.3 Å². The van der Waals surface area contributed by atoms with Crippen LogP contribution in [0.4, 0.5) is 0 Å². The molecular formula is C9H9LiO3. The molecule has 64 valence electrons. The van der Waals surface area contributed by atoms with E-state index in [2.05, 4.69) is 4.74 Å². The molecule has 3 nitrogen and oxygen atoms in total. The molecule has 0 spiro atoms. The van der Waals surface area contributed by atoms with Crippen LogP contribution in [0.2, 0.25) is 0 Å². The van der Waals surface area contributed by atoms with Crippen LogP contribution in [-0.2, 0) is 9.59 Å². The van der Waals surface area contributed by atoms with Crippen LogP contribution in [0.15, 0.2) is 30.3 Å². The molecule has 0 bridgehead atoms. The van der Waals surface area contributed by atoms with E-state index >= 15 is 0 Å². The van der Waals surface area contributed by atoms with Gasteiger partial charge in [0.2, 0.25) is 5.78 Å². The maximum Gasteiger partial charge on any atom is 1.00 e. The number of carbonyl (C=O) groups excluding carboxylic acids is 2. The zero-order valence-corrected chi connectivity index (χ0v) is 7.61. The molecule has 0 saturated heterocycles. The van der Waals surface area contributed by atoms with Crippen LogP contribution in [0.1, 0.15) is 8.35 Å². The summed E-state index contributed by atoms with van der Waals surface area (Å²) in [5, 5.41) is 0. The molecule has 0 aromatic heterocycles. The summed E-state index contributed by atoms with van der Waals surface area (Å²) in [6, 6.07) is 8.47. The molecule has 1 aromatic carbocycles. The van der Waals surface area contributed by atoms with Gasteiger partial charge in [-0.3, -0.25) is 4.79 Å². The number of rotatable bonds is 2. The predicted octanol–water partition coefficient (Wildman–Crippen LogP) is -1.70. The Morgan fingerprint density at radius 1 is 1.23 bits per heavy atom. The molecule has 0 amide bonds. The van der Waals surface area contributed by atoms with Gasteiger partial charge in [0.15, 0.2) is 0 Å². The van der Waals surface area contributed by atoms with E-state index in [4.69, 9.17) is 0 Å². The first-order chi connectivity index (χ1) is 5.70. The Labute approximate surface area is 89.7 Å². The zero-order chi connectivity index (χ0) is 8.97. The Morgan fingerprint density at radius 3 is 2.23 bits per heavy atom. The van der Waals surface area contributed by atoms with Gasteiger partial charge in [0.1, 0.15) is 5.75 Å². The predicted molar refractivity (Wildman–Crippen MR) is 43.9 cm³/mol. The SMILES string of the molecule is CC(=O)C(=O)Oc1ccccc1.[H-].[Li+]. The number of carbonyl (C=O) groups is 2. The Bertz CT molecular complexity index is 300. The Balaban J connectivity index is 0. The summed E-state index contributed by atoms with van der Waals surface area (Å²) in [5.41, 5.74) is 0. The maximum atomic E-state index is 10.7. The number of ether oxygens (including phenoxy) is 1. The van der Waals surface area contributed by atoms with Crippen molar-refractivity contribution in [2.75, 3.05) is 0 Å². The normalized spacial score (nSPS) is 8.38. The minimum absolute atomic E-state index is 0. The summed E-state index contributed by atoms with van der Waals surface area (Å²) in [4.78, 5) is 21.2. The van der Waals surface area contributed by atoms with Crippen molar-refractivity contribution in [2.24, 2.45) is 0 Å². The first kappa shape index (κ1) is 12.0. The first-order valence-corrected chi connectivity index (χ1v) is 3.48. The van der Waals surface area contributed by atoms with Gasteiger partial charge >= 0.3 is 24.8 Å². The largest absolute Gasteiger partial charge is 1.00 e. The molecule has 1 rings (SSSR count). The van der Waals surface area contributed by atoms with Crippen LogP contribution in [0.3, 0.4) is 0 Å². The van der Waals surface area contributed by atoms with Crippen molar-refractivity contribution in [3.05, 3.63) is 30.3 Å². The van der Waals surface area contributed by atoms with Crippen molar-refractivity contribution >= 4 is 11.8 Å². The smallest absolute Gasteiger partial charge is 1.00 e. The fourth-order valence-electron chi connectivity index (χ4n) is 0.667. The van der Waals surface area contributed by atoms with E-state index in [0.717, 1.165) is 0 Å². The van der Waals surface area contributed by atoms with Gasteiger partial charge in [-0.1, -0.05) is 18.2 Å². The number of benzene rings is 1. The van der Waals surface area contributed by atoms with Crippen LogP contribution < -0.4 is 23.6 Å².